The van der Waals surface area contributed by atoms with Crippen LogP contribution in [0.5, 0.6) is 5.75 Å². The second-order valence-corrected chi connectivity index (χ2v) is 6.19. The molecule has 0 unspecified atom stereocenters. The first-order chi connectivity index (χ1) is 11.7. The summed E-state index contributed by atoms with van der Waals surface area (Å²) in [5.74, 6) is 1.40. The molecule has 24 heavy (non-hydrogen) atoms. The van der Waals surface area contributed by atoms with Crippen molar-refractivity contribution < 1.29 is 9.13 Å². The third-order valence-electron chi connectivity index (χ3n) is 4.62. The molecule has 0 amide bonds. The number of hydrogen-bond donors (Lipinski definition) is 1. The first-order valence-corrected chi connectivity index (χ1v) is 8.43. The van der Waals surface area contributed by atoms with Gasteiger partial charge in [-0.05, 0) is 44.0 Å². The Hall–Kier alpha value is -2.14. The first kappa shape index (κ1) is 16.7. The van der Waals surface area contributed by atoms with E-state index < -0.39 is 0 Å². The molecule has 0 bridgehead atoms. The minimum absolute atomic E-state index is 0.0902. The van der Waals surface area contributed by atoms with E-state index in [4.69, 9.17) is 4.74 Å². The van der Waals surface area contributed by atoms with Gasteiger partial charge in [-0.2, -0.15) is 0 Å². The molecule has 1 aliphatic heterocycles. The Morgan fingerprint density at radius 2 is 2.00 bits per heavy atom. The summed E-state index contributed by atoms with van der Waals surface area (Å²) in [5, 5.41) is 3.56. The summed E-state index contributed by atoms with van der Waals surface area (Å²) in [6.45, 7) is 3.90. The lowest BCUT2D eigenvalue weighted by Crippen LogP contribution is -2.43. The maximum Gasteiger partial charge on any atom is 0.131 e. The largest absolute Gasteiger partial charge is 0.496 e. The van der Waals surface area contributed by atoms with E-state index in [9.17, 15) is 4.39 Å². The maximum absolute atomic E-state index is 14.2. The Bertz CT molecular complexity index is 657. The first-order valence-electron chi connectivity index (χ1n) is 8.43. The molecule has 4 nitrogen and oxygen atoms in total. The lowest BCUT2D eigenvalue weighted by molar-refractivity contribution is 0.356. The molecule has 1 aliphatic rings. The Morgan fingerprint density at radius 3 is 2.67 bits per heavy atom. The van der Waals surface area contributed by atoms with Gasteiger partial charge in [-0.3, -0.25) is 0 Å². The number of piperidine rings is 1. The van der Waals surface area contributed by atoms with Gasteiger partial charge in [0, 0.05) is 36.9 Å². The van der Waals surface area contributed by atoms with E-state index in [2.05, 4.69) is 15.2 Å². The van der Waals surface area contributed by atoms with Crippen LogP contribution in [-0.2, 0) is 0 Å². The smallest absolute Gasteiger partial charge is 0.131 e. The second-order valence-electron chi connectivity index (χ2n) is 6.19. The van der Waals surface area contributed by atoms with Crippen LogP contribution in [0.1, 0.15) is 31.4 Å². The van der Waals surface area contributed by atoms with Crippen molar-refractivity contribution in [2.24, 2.45) is 0 Å². The molecule has 1 fully saturated rings. The molecule has 0 radical (unpaired) electrons. The summed E-state index contributed by atoms with van der Waals surface area (Å²) < 4.78 is 19.5. The third-order valence-corrected chi connectivity index (χ3v) is 4.62. The quantitative estimate of drug-likeness (QED) is 0.910. The van der Waals surface area contributed by atoms with E-state index in [0.29, 0.717) is 17.4 Å². The highest BCUT2D eigenvalue weighted by atomic mass is 19.1. The number of ether oxygens (including phenoxy) is 1. The van der Waals surface area contributed by atoms with E-state index in [-0.39, 0.29) is 11.9 Å². The van der Waals surface area contributed by atoms with Crippen LogP contribution in [-0.4, -0.2) is 31.2 Å². The number of nitrogens with one attached hydrogen (secondary N) is 1. The van der Waals surface area contributed by atoms with Gasteiger partial charge in [0.15, 0.2) is 0 Å². The molecule has 1 N–H and O–H groups in total. The van der Waals surface area contributed by atoms with Crippen LogP contribution in [0.15, 0.2) is 42.6 Å². The molecule has 0 saturated carbocycles. The summed E-state index contributed by atoms with van der Waals surface area (Å²) >= 11 is 0. The zero-order chi connectivity index (χ0) is 16.9. The molecule has 0 spiro atoms. The monoisotopic (exact) mass is 329 g/mol. The van der Waals surface area contributed by atoms with E-state index in [0.717, 1.165) is 31.7 Å². The lowest BCUT2D eigenvalue weighted by atomic mass is 10.0. The van der Waals surface area contributed by atoms with Gasteiger partial charge in [-0.1, -0.05) is 12.1 Å². The minimum Gasteiger partial charge on any atom is -0.496 e. The highest BCUT2D eigenvalue weighted by Crippen LogP contribution is 2.29. The fourth-order valence-corrected chi connectivity index (χ4v) is 3.37. The number of anilines is 1. The van der Waals surface area contributed by atoms with Crippen molar-refractivity contribution >= 4 is 5.82 Å². The summed E-state index contributed by atoms with van der Waals surface area (Å²) in [6, 6.07) is 11.2. The van der Waals surface area contributed by atoms with Crippen molar-refractivity contribution in [1.82, 2.24) is 10.3 Å². The molecule has 1 aromatic heterocycles. The number of benzene rings is 1. The van der Waals surface area contributed by atoms with Gasteiger partial charge >= 0.3 is 0 Å². The molecular weight excluding hydrogens is 305 g/mol. The average molecular weight is 329 g/mol. The van der Waals surface area contributed by atoms with Gasteiger partial charge in [0.05, 0.1) is 7.11 Å². The molecule has 2 aromatic rings. The molecule has 3 rings (SSSR count). The van der Waals surface area contributed by atoms with Crippen molar-refractivity contribution in [2.75, 3.05) is 25.1 Å². The number of pyridine rings is 1. The van der Waals surface area contributed by atoms with Crippen LogP contribution in [0.4, 0.5) is 10.2 Å². The molecule has 0 aliphatic carbocycles. The number of aromatic nitrogens is 1. The highest BCUT2D eigenvalue weighted by molar-refractivity contribution is 5.39. The molecule has 1 atom stereocenters. The number of halogens is 1. The Balaban J connectivity index is 1.60. The normalized spacial score (nSPS) is 16.9. The predicted octanol–water partition coefficient (Wildman–Crippen LogP) is 3.55. The molecular formula is C19H24FN3O. The highest BCUT2D eigenvalue weighted by Gasteiger charge is 2.24. The van der Waals surface area contributed by atoms with E-state index in [1.807, 2.05) is 31.3 Å². The Morgan fingerprint density at radius 1 is 1.21 bits per heavy atom. The number of hydrogen-bond acceptors (Lipinski definition) is 4. The molecule has 1 saturated heterocycles. The Kier molecular flexibility index (Phi) is 5.30. The topological polar surface area (TPSA) is 37.4 Å². The van der Waals surface area contributed by atoms with E-state index in [1.54, 1.807) is 19.2 Å². The zero-order valence-electron chi connectivity index (χ0n) is 14.2. The second kappa shape index (κ2) is 7.62. The van der Waals surface area contributed by atoms with Crippen LogP contribution < -0.4 is 15.0 Å². The summed E-state index contributed by atoms with van der Waals surface area (Å²) in [4.78, 5) is 6.71. The van der Waals surface area contributed by atoms with Crippen LogP contribution in [0.3, 0.4) is 0 Å². The van der Waals surface area contributed by atoms with Crippen LogP contribution in [0, 0.1) is 5.82 Å². The van der Waals surface area contributed by atoms with Crippen molar-refractivity contribution in [3.05, 3.63) is 54.0 Å². The van der Waals surface area contributed by atoms with Gasteiger partial charge in [0.1, 0.15) is 17.4 Å². The fraction of sp³-hybridized carbons (Fsp3) is 0.421. The van der Waals surface area contributed by atoms with Crippen molar-refractivity contribution in [3.63, 3.8) is 0 Å². The average Bonchev–Trinajstić information content (AvgIpc) is 2.62. The number of nitrogens with zero attached hydrogens (tertiary/aromatic N) is 2. The van der Waals surface area contributed by atoms with Gasteiger partial charge in [0.25, 0.3) is 0 Å². The fourth-order valence-electron chi connectivity index (χ4n) is 3.37. The van der Waals surface area contributed by atoms with Gasteiger partial charge in [0.2, 0.25) is 0 Å². The maximum atomic E-state index is 14.2. The number of methoxy groups -OCH3 is 1. The molecule has 128 valence electrons. The number of rotatable bonds is 5. The summed E-state index contributed by atoms with van der Waals surface area (Å²) in [7, 11) is 1.58. The van der Waals surface area contributed by atoms with Gasteiger partial charge in [-0.25, -0.2) is 9.37 Å². The Labute approximate surface area is 142 Å². The lowest BCUT2D eigenvalue weighted by Gasteiger charge is -2.34. The van der Waals surface area contributed by atoms with Crippen LogP contribution in [0.2, 0.25) is 0 Å². The third kappa shape index (κ3) is 3.67. The van der Waals surface area contributed by atoms with Crippen molar-refractivity contribution in [3.8, 4) is 5.75 Å². The molecule has 5 heteroatoms. The summed E-state index contributed by atoms with van der Waals surface area (Å²) in [5.41, 5.74) is 0.604. The molecule has 2 heterocycles. The van der Waals surface area contributed by atoms with Gasteiger partial charge < -0.3 is 15.0 Å². The van der Waals surface area contributed by atoms with Crippen molar-refractivity contribution in [1.29, 1.82) is 0 Å². The minimum atomic E-state index is -0.222. The van der Waals surface area contributed by atoms with Crippen LogP contribution >= 0.6 is 0 Å². The zero-order valence-corrected chi connectivity index (χ0v) is 14.2. The molecule has 1 aromatic carbocycles. The summed E-state index contributed by atoms with van der Waals surface area (Å²) in [6.07, 6.45) is 3.85. The van der Waals surface area contributed by atoms with E-state index >= 15 is 0 Å². The SMILES string of the molecule is COc1cccc(F)c1[C@H](C)NC1CCN(c2ccccn2)CC1. The van der Waals surface area contributed by atoms with E-state index in [1.165, 1.54) is 6.07 Å². The van der Waals surface area contributed by atoms with Crippen molar-refractivity contribution in [2.45, 2.75) is 31.8 Å². The van der Waals surface area contributed by atoms with Gasteiger partial charge in [-0.15, -0.1) is 0 Å². The standard InChI is InChI=1S/C19H24FN3O/c1-14(19-16(20)6-5-7-17(19)24-2)22-15-9-12-23(13-10-15)18-8-3-4-11-21-18/h3-8,11,14-15,22H,9-10,12-13H2,1-2H3/t14-/m0/s1. The predicted molar refractivity (Wildman–Crippen MR) is 94.0 cm³/mol. The van der Waals surface area contributed by atoms with Crippen LogP contribution in [0.25, 0.3) is 0 Å².